The molecule has 1 aliphatic heterocycles. The minimum atomic E-state index is -0.550. The molecule has 1 amide bonds. The van der Waals surface area contributed by atoms with E-state index in [9.17, 15) is 15.0 Å². The second kappa shape index (κ2) is 14.6. The molecule has 1 aromatic heterocycles. The van der Waals surface area contributed by atoms with E-state index in [0.717, 1.165) is 39.1 Å². The van der Waals surface area contributed by atoms with Crippen molar-refractivity contribution < 1.29 is 24.5 Å². The molecule has 4 aromatic rings. The van der Waals surface area contributed by atoms with Crippen LogP contribution in [0.4, 0.5) is 0 Å². The number of amides is 1. The third-order valence-corrected chi connectivity index (χ3v) is 8.55. The molecular formula is C34H36N2O5S. The quantitative estimate of drug-likeness (QED) is 0.195. The zero-order valence-corrected chi connectivity index (χ0v) is 24.4. The molecule has 0 unspecified atom stereocenters. The van der Waals surface area contributed by atoms with Gasteiger partial charge in [-0.05, 0) is 39.9 Å². The Morgan fingerprint density at radius 2 is 1.69 bits per heavy atom. The van der Waals surface area contributed by atoms with Crippen LogP contribution in [0.1, 0.15) is 51.9 Å². The number of ether oxygens (including phenoxy) is 2. The van der Waals surface area contributed by atoms with Crippen LogP contribution in [0.3, 0.4) is 0 Å². The highest BCUT2D eigenvalue weighted by Gasteiger charge is 2.38. The number of aliphatic hydroxyl groups excluding tert-OH is 2. The van der Waals surface area contributed by atoms with Gasteiger partial charge in [0.1, 0.15) is 0 Å². The van der Waals surface area contributed by atoms with Crippen LogP contribution in [0.25, 0.3) is 11.1 Å². The van der Waals surface area contributed by atoms with E-state index < -0.39 is 6.29 Å². The Morgan fingerprint density at radius 3 is 2.40 bits per heavy atom. The fourth-order valence-electron chi connectivity index (χ4n) is 5.12. The Morgan fingerprint density at radius 1 is 0.929 bits per heavy atom. The summed E-state index contributed by atoms with van der Waals surface area (Å²) in [6.07, 6.45) is 2.41. The molecule has 42 heavy (non-hydrogen) atoms. The summed E-state index contributed by atoms with van der Waals surface area (Å²) in [5.41, 5.74) is 6.42. The first-order valence-corrected chi connectivity index (χ1v) is 15.3. The fourth-order valence-corrected chi connectivity index (χ4v) is 6.03. The predicted octanol–water partition coefficient (Wildman–Crippen LogP) is 5.69. The molecule has 0 aliphatic carbocycles. The Hall–Kier alpha value is -3.53. The number of hydrogen-bond acceptors (Lipinski definition) is 7. The molecule has 0 bridgehead atoms. The molecule has 218 valence electrons. The van der Waals surface area contributed by atoms with E-state index in [4.69, 9.17) is 9.47 Å². The van der Waals surface area contributed by atoms with Crippen molar-refractivity contribution in [2.24, 2.45) is 5.92 Å². The first-order valence-electron chi connectivity index (χ1n) is 14.1. The summed E-state index contributed by atoms with van der Waals surface area (Å²) in [4.78, 5) is 16.6. The standard InChI is InChI=1S/C34H36N2O5S/c1-23-31(22-42-18-17-37)40-34(41-32(23)26-10-8-24(21-38)9-11-26)27-14-12-25(13-15-27)30-7-3-2-5-28(30)20-36-33(39)29-6-4-16-35-19-29/h2-16,19,23,31-32,34,37-38H,17-18,20-22H2,1H3,(H,36,39)/t23-,31+,32+,34+/m1/s1. The summed E-state index contributed by atoms with van der Waals surface area (Å²) in [7, 11) is 0. The molecule has 0 spiro atoms. The van der Waals surface area contributed by atoms with E-state index in [1.165, 1.54) is 0 Å². The van der Waals surface area contributed by atoms with Crippen molar-refractivity contribution in [2.75, 3.05) is 18.1 Å². The smallest absolute Gasteiger partial charge is 0.253 e. The highest BCUT2D eigenvalue weighted by molar-refractivity contribution is 7.99. The lowest BCUT2D eigenvalue weighted by molar-refractivity contribution is -0.268. The van der Waals surface area contributed by atoms with E-state index in [-0.39, 0.29) is 37.2 Å². The molecule has 0 saturated carbocycles. The largest absolute Gasteiger partial charge is 0.396 e. The second-order valence-corrected chi connectivity index (χ2v) is 11.5. The molecule has 3 N–H and O–H groups in total. The predicted molar refractivity (Wildman–Crippen MR) is 165 cm³/mol. The molecule has 1 aliphatic rings. The van der Waals surface area contributed by atoms with Gasteiger partial charge in [-0.3, -0.25) is 9.78 Å². The number of pyridine rings is 1. The highest BCUT2D eigenvalue weighted by Crippen LogP contribution is 2.42. The molecule has 1 fully saturated rings. The highest BCUT2D eigenvalue weighted by atomic mass is 32.2. The maximum atomic E-state index is 12.6. The van der Waals surface area contributed by atoms with Crippen molar-refractivity contribution in [3.05, 3.63) is 125 Å². The zero-order valence-electron chi connectivity index (χ0n) is 23.6. The van der Waals surface area contributed by atoms with Crippen molar-refractivity contribution in [3.8, 4) is 11.1 Å². The van der Waals surface area contributed by atoms with Gasteiger partial charge in [-0.15, -0.1) is 0 Å². The van der Waals surface area contributed by atoms with Crippen molar-refractivity contribution >= 4 is 17.7 Å². The van der Waals surface area contributed by atoms with Gasteiger partial charge in [-0.1, -0.05) is 79.7 Å². The Bertz CT molecular complexity index is 1430. The molecule has 7 nitrogen and oxygen atoms in total. The minimum Gasteiger partial charge on any atom is -0.396 e. The van der Waals surface area contributed by atoms with E-state index in [2.05, 4.69) is 35.4 Å². The Labute approximate surface area is 250 Å². The van der Waals surface area contributed by atoms with Gasteiger partial charge in [0, 0.05) is 41.9 Å². The van der Waals surface area contributed by atoms with Crippen LogP contribution in [0.2, 0.25) is 0 Å². The maximum absolute atomic E-state index is 12.6. The van der Waals surface area contributed by atoms with Gasteiger partial charge in [0.2, 0.25) is 0 Å². The Kier molecular flexibility index (Phi) is 10.4. The summed E-state index contributed by atoms with van der Waals surface area (Å²) in [6, 6.07) is 27.6. The number of rotatable bonds is 11. The van der Waals surface area contributed by atoms with E-state index in [0.29, 0.717) is 17.9 Å². The average molecular weight is 585 g/mol. The molecule has 8 heteroatoms. The topological polar surface area (TPSA) is 101 Å². The van der Waals surface area contributed by atoms with Gasteiger partial charge in [0.25, 0.3) is 5.91 Å². The van der Waals surface area contributed by atoms with Gasteiger partial charge in [0.05, 0.1) is 31.0 Å². The molecule has 4 atom stereocenters. The van der Waals surface area contributed by atoms with Gasteiger partial charge < -0.3 is 25.0 Å². The molecule has 3 aromatic carbocycles. The number of carbonyl (C=O) groups is 1. The van der Waals surface area contributed by atoms with Gasteiger partial charge in [-0.2, -0.15) is 11.8 Å². The lowest BCUT2D eigenvalue weighted by atomic mass is 9.91. The third-order valence-electron chi connectivity index (χ3n) is 7.52. The SMILES string of the molecule is C[C@@H]1[C@H](CSCCO)O[C@H](c2ccc(-c3ccccc3CNC(=O)c3cccnc3)cc2)O[C@@H]1c1ccc(CO)cc1. The Balaban J connectivity index is 1.33. The lowest BCUT2D eigenvalue weighted by Crippen LogP contribution is -2.38. The molecule has 0 radical (unpaired) electrons. The van der Waals surface area contributed by atoms with Gasteiger partial charge >= 0.3 is 0 Å². The van der Waals surface area contributed by atoms with Crippen LogP contribution >= 0.6 is 11.8 Å². The van der Waals surface area contributed by atoms with Crippen molar-refractivity contribution in [2.45, 2.75) is 38.6 Å². The summed E-state index contributed by atoms with van der Waals surface area (Å²) < 4.78 is 13.0. The van der Waals surface area contributed by atoms with Crippen LogP contribution in [0, 0.1) is 5.92 Å². The fraction of sp³-hybridized carbons (Fsp3) is 0.294. The molecule has 1 saturated heterocycles. The number of carbonyl (C=O) groups excluding carboxylic acids is 1. The van der Waals surface area contributed by atoms with Crippen LogP contribution in [-0.2, 0) is 22.6 Å². The summed E-state index contributed by atoms with van der Waals surface area (Å²) in [5.74, 6) is 1.34. The van der Waals surface area contributed by atoms with Crippen LogP contribution in [-0.4, -0.2) is 45.3 Å². The first-order chi connectivity index (χ1) is 20.6. The number of aliphatic hydroxyl groups is 2. The minimum absolute atomic E-state index is 0.000127. The number of nitrogens with zero attached hydrogens (tertiary/aromatic N) is 1. The first kappa shape index (κ1) is 29.9. The second-order valence-electron chi connectivity index (χ2n) is 10.3. The van der Waals surface area contributed by atoms with E-state index >= 15 is 0 Å². The maximum Gasteiger partial charge on any atom is 0.253 e. The van der Waals surface area contributed by atoms with Gasteiger partial charge in [0.15, 0.2) is 6.29 Å². The summed E-state index contributed by atoms with van der Waals surface area (Å²) in [6.45, 7) is 2.66. The molecule has 2 heterocycles. The summed E-state index contributed by atoms with van der Waals surface area (Å²) >= 11 is 1.67. The zero-order chi connectivity index (χ0) is 29.3. The number of aromatic nitrogens is 1. The third kappa shape index (κ3) is 7.27. The van der Waals surface area contributed by atoms with E-state index in [1.807, 2.05) is 54.6 Å². The van der Waals surface area contributed by atoms with Crippen molar-refractivity contribution in [3.63, 3.8) is 0 Å². The summed E-state index contributed by atoms with van der Waals surface area (Å²) in [5, 5.41) is 21.8. The van der Waals surface area contributed by atoms with Crippen LogP contribution in [0.15, 0.2) is 97.3 Å². The average Bonchev–Trinajstić information content (AvgIpc) is 3.05. The van der Waals surface area contributed by atoms with Crippen molar-refractivity contribution in [1.82, 2.24) is 10.3 Å². The molecular weight excluding hydrogens is 548 g/mol. The van der Waals surface area contributed by atoms with Crippen molar-refractivity contribution in [1.29, 1.82) is 0 Å². The molecule has 5 rings (SSSR count). The van der Waals surface area contributed by atoms with E-state index in [1.54, 1.807) is 36.3 Å². The van der Waals surface area contributed by atoms with Crippen LogP contribution in [0.5, 0.6) is 0 Å². The number of hydrogen-bond donors (Lipinski definition) is 3. The number of nitrogens with one attached hydrogen (secondary N) is 1. The monoisotopic (exact) mass is 584 g/mol. The normalized spacial score (nSPS) is 20.3. The lowest BCUT2D eigenvalue weighted by Gasteiger charge is -2.41. The van der Waals surface area contributed by atoms with Gasteiger partial charge in [-0.25, -0.2) is 0 Å². The number of benzene rings is 3. The number of thioether (sulfide) groups is 1. The van der Waals surface area contributed by atoms with Crippen LogP contribution < -0.4 is 5.32 Å².